The molecular weight excluding hydrogens is 414 g/mol. The van der Waals surface area contributed by atoms with Crippen molar-refractivity contribution in [3.05, 3.63) is 65.7 Å². The van der Waals surface area contributed by atoms with E-state index in [2.05, 4.69) is 5.32 Å². The molecule has 1 aliphatic heterocycles. The van der Waals surface area contributed by atoms with Crippen molar-refractivity contribution in [1.29, 1.82) is 5.41 Å². The zero-order valence-electron chi connectivity index (χ0n) is 17.4. The highest BCUT2D eigenvalue weighted by molar-refractivity contribution is 6.10. The average Bonchev–Trinajstić information content (AvgIpc) is 2.78. The van der Waals surface area contributed by atoms with Gasteiger partial charge >= 0.3 is 12.1 Å². The molecule has 10 nitrogen and oxygen atoms in total. The van der Waals surface area contributed by atoms with Gasteiger partial charge in [0.1, 0.15) is 18.5 Å². The van der Waals surface area contributed by atoms with E-state index in [0.29, 0.717) is 31.9 Å². The molecule has 0 aromatic heterocycles. The van der Waals surface area contributed by atoms with Crippen LogP contribution in [0.1, 0.15) is 15.9 Å². The predicted octanol–water partition coefficient (Wildman–Crippen LogP) is 1.58. The van der Waals surface area contributed by atoms with E-state index in [9.17, 15) is 14.4 Å². The van der Waals surface area contributed by atoms with Crippen LogP contribution < -0.4 is 11.1 Å². The van der Waals surface area contributed by atoms with Crippen molar-refractivity contribution in [3.8, 4) is 0 Å². The smallest absolute Gasteiger partial charge is 0.410 e. The van der Waals surface area contributed by atoms with Gasteiger partial charge in [0.25, 0.3) is 0 Å². The number of rotatable bonds is 7. The number of nitrogens with zero attached hydrogens (tertiary/aromatic N) is 2. The maximum absolute atomic E-state index is 12.8. The molecule has 10 heteroatoms. The molecule has 0 spiro atoms. The molecule has 3 rings (SSSR count). The van der Waals surface area contributed by atoms with Crippen molar-refractivity contribution < 1.29 is 24.2 Å². The molecule has 1 atom stereocenters. The molecule has 2 aromatic rings. The van der Waals surface area contributed by atoms with Crippen molar-refractivity contribution in [1.82, 2.24) is 9.80 Å². The van der Waals surface area contributed by atoms with Gasteiger partial charge in [0, 0.05) is 31.9 Å². The summed E-state index contributed by atoms with van der Waals surface area (Å²) in [6.45, 7) is 1.46. The fraction of sp³-hybridized carbons (Fsp3) is 0.273. The number of nitrogens with two attached hydrogens (primary N) is 1. The quantitative estimate of drug-likeness (QED) is 0.378. The first kappa shape index (κ1) is 22.8. The Morgan fingerprint density at radius 2 is 1.75 bits per heavy atom. The minimum absolute atomic E-state index is 0.0322. The Balaban J connectivity index is 1.56. The number of piperazine rings is 1. The summed E-state index contributed by atoms with van der Waals surface area (Å²) < 4.78 is 5.34. The summed E-state index contributed by atoms with van der Waals surface area (Å²) in [5, 5.41) is 19.6. The van der Waals surface area contributed by atoms with Crippen LogP contribution in [0.5, 0.6) is 0 Å². The topological polar surface area (TPSA) is 149 Å². The first-order chi connectivity index (χ1) is 15.3. The van der Waals surface area contributed by atoms with Crippen LogP contribution in [-0.2, 0) is 16.1 Å². The molecule has 1 unspecified atom stereocenters. The number of anilines is 1. The first-order valence-electron chi connectivity index (χ1n) is 10.0. The highest BCUT2D eigenvalue weighted by Gasteiger charge is 2.33. The second-order valence-corrected chi connectivity index (χ2v) is 7.30. The fourth-order valence-corrected chi connectivity index (χ4v) is 3.42. The number of ether oxygens (including phenoxy) is 1. The molecule has 1 fully saturated rings. The van der Waals surface area contributed by atoms with Crippen molar-refractivity contribution in [3.63, 3.8) is 0 Å². The van der Waals surface area contributed by atoms with Crippen LogP contribution >= 0.6 is 0 Å². The molecule has 168 valence electrons. The Morgan fingerprint density at radius 1 is 1.06 bits per heavy atom. The lowest BCUT2D eigenvalue weighted by Crippen LogP contribution is -2.58. The monoisotopic (exact) mass is 439 g/mol. The van der Waals surface area contributed by atoms with Crippen LogP contribution in [0.3, 0.4) is 0 Å². The lowest BCUT2D eigenvalue weighted by molar-refractivity contribution is -0.119. The van der Waals surface area contributed by atoms with E-state index in [0.717, 1.165) is 5.56 Å². The third-order valence-corrected chi connectivity index (χ3v) is 5.06. The second kappa shape index (κ2) is 10.4. The Bertz CT molecular complexity index is 989. The Labute approximate surface area is 185 Å². The fourth-order valence-electron chi connectivity index (χ4n) is 3.42. The van der Waals surface area contributed by atoms with Gasteiger partial charge in [-0.3, -0.25) is 15.1 Å². The molecule has 2 amide bonds. The lowest BCUT2D eigenvalue weighted by Gasteiger charge is -2.37. The van der Waals surface area contributed by atoms with Gasteiger partial charge in [-0.2, -0.15) is 0 Å². The molecule has 5 N–H and O–H groups in total. The molecule has 0 saturated carbocycles. The number of carbonyl (C=O) groups excluding carboxylic acids is 2. The molecule has 1 saturated heterocycles. The molecule has 1 heterocycles. The highest BCUT2D eigenvalue weighted by atomic mass is 16.6. The van der Waals surface area contributed by atoms with Crippen LogP contribution in [0.4, 0.5) is 10.5 Å². The summed E-state index contributed by atoms with van der Waals surface area (Å²) in [6.07, 6.45) is -0.442. The number of carboxylic acids is 1. The van der Waals surface area contributed by atoms with E-state index in [1.165, 1.54) is 18.2 Å². The van der Waals surface area contributed by atoms with Crippen molar-refractivity contribution in [2.45, 2.75) is 12.6 Å². The summed E-state index contributed by atoms with van der Waals surface area (Å²) in [5.74, 6) is -1.99. The molecule has 0 bridgehead atoms. The van der Waals surface area contributed by atoms with Gasteiger partial charge in [0.05, 0.1) is 5.56 Å². The molecule has 0 aliphatic carbocycles. The zero-order valence-corrected chi connectivity index (χ0v) is 17.4. The highest BCUT2D eigenvalue weighted by Crippen LogP contribution is 2.14. The third kappa shape index (κ3) is 5.82. The molecule has 32 heavy (non-hydrogen) atoms. The van der Waals surface area contributed by atoms with E-state index in [1.807, 2.05) is 30.3 Å². The maximum Gasteiger partial charge on any atom is 0.410 e. The standard InChI is InChI=1S/C22H25N5O5/c23-19(24)18(20(28)25-17-8-4-7-16(13-17)21(29)30)26-9-11-27(12-10-26)22(31)32-14-15-5-2-1-3-6-15/h1-8,13,18H,9-12,14H2,(H3,23,24)(H,25,28)(H,29,30). The maximum atomic E-state index is 12.8. The van der Waals surface area contributed by atoms with E-state index in [4.69, 9.17) is 21.0 Å². The number of hydrogen-bond donors (Lipinski definition) is 4. The molecule has 1 aliphatic rings. The van der Waals surface area contributed by atoms with Crippen molar-refractivity contribution >= 4 is 29.5 Å². The van der Waals surface area contributed by atoms with Gasteiger partial charge in [-0.1, -0.05) is 36.4 Å². The SMILES string of the molecule is N=C(N)C(C(=O)Nc1cccc(C(=O)O)c1)N1CCN(C(=O)OCc2ccccc2)CC1. The van der Waals surface area contributed by atoms with E-state index in [-0.39, 0.29) is 18.0 Å². The molecule has 0 radical (unpaired) electrons. The summed E-state index contributed by atoms with van der Waals surface area (Å²) >= 11 is 0. The number of carboxylic acid groups (broad SMARTS) is 1. The Hall–Kier alpha value is -3.92. The van der Waals surface area contributed by atoms with Crippen molar-refractivity contribution in [2.24, 2.45) is 5.73 Å². The zero-order chi connectivity index (χ0) is 23.1. The van der Waals surface area contributed by atoms with Gasteiger partial charge in [-0.25, -0.2) is 9.59 Å². The summed E-state index contributed by atoms with van der Waals surface area (Å²) in [7, 11) is 0. The van der Waals surface area contributed by atoms with E-state index >= 15 is 0 Å². The third-order valence-electron chi connectivity index (χ3n) is 5.06. The Kier molecular flexibility index (Phi) is 7.40. The largest absolute Gasteiger partial charge is 0.478 e. The number of hydrogen-bond acceptors (Lipinski definition) is 6. The number of benzene rings is 2. The van der Waals surface area contributed by atoms with Crippen LogP contribution in [0.2, 0.25) is 0 Å². The van der Waals surface area contributed by atoms with E-state index in [1.54, 1.807) is 15.9 Å². The summed E-state index contributed by atoms with van der Waals surface area (Å²) in [5.41, 5.74) is 6.90. The van der Waals surface area contributed by atoms with Crippen LogP contribution in [0.25, 0.3) is 0 Å². The van der Waals surface area contributed by atoms with Crippen molar-refractivity contribution in [2.75, 3.05) is 31.5 Å². The minimum Gasteiger partial charge on any atom is -0.478 e. The number of amidine groups is 1. The molecular formula is C22H25N5O5. The average molecular weight is 439 g/mol. The second-order valence-electron chi connectivity index (χ2n) is 7.30. The van der Waals surface area contributed by atoms with Crippen LogP contribution in [-0.4, -0.2) is 70.9 Å². The normalized spacial score (nSPS) is 14.9. The Morgan fingerprint density at radius 3 is 2.38 bits per heavy atom. The van der Waals surface area contributed by atoms with Gasteiger partial charge in [0.15, 0.2) is 0 Å². The number of carbonyl (C=O) groups is 3. The van der Waals surface area contributed by atoms with E-state index < -0.39 is 24.0 Å². The number of nitrogens with one attached hydrogen (secondary N) is 2. The van der Waals surface area contributed by atoms with Gasteiger partial charge in [-0.15, -0.1) is 0 Å². The van der Waals surface area contributed by atoms with Gasteiger partial charge in [-0.05, 0) is 23.8 Å². The predicted molar refractivity (Wildman–Crippen MR) is 118 cm³/mol. The minimum atomic E-state index is -1.11. The summed E-state index contributed by atoms with van der Waals surface area (Å²) in [6, 6.07) is 14.1. The lowest BCUT2D eigenvalue weighted by atomic mass is 10.1. The molecule has 2 aromatic carbocycles. The van der Waals surface area contributed by atoms with Crippen LogP contribution in [0.15, 0.2) is 54.6 Å². The summed E-state index contributed by atoms with van der Waals surface area (Å²) in [4.78, 5) is 39.5. The number of amides is 2. The van der Waals surface area contributed by atoms with Crippen LogP contribution in [0, 0.1) is 5.41 Å². The van der Waals surface area contributed by atoms with Gasteiger partial charge in [0.2, 0.25) is 5.91 Å². The van der Waals surface area contributed by atoms with Gasteiger partial charge < -0.3 is 25.8 Å². The first-order valence-corrected chi connectivity index (χ1v) is 10.0. The number of aromatic carboxylic acids is 1.